The molecule has 0 aliphatic heterocycles. The predicted octanol–water partition coefficient (Wildman–Crippen LogP) is 2.18. The van der Waals surface area contributed by atoms with Crippen LogP contribution in [-0.2, 0) is 6.54 Å². The Hall–Kier alpha value is -2.60. The molecule has 0 saturated heterocycles. The van der Waals surface area contributed by atoms with Crippen LogP contribution in [0.15, 0.2) is 48.8 Å². The van der Waals surface area contributed by atoms with Crippen LogP contribution >= 0.6 is 11.6 Å². The second kappa shape index (κ2) is 5.80. The van der Waals surface area contributed by atoms with E-state index >= 15 is 0 Å². The van der Waals surface area contributed by atoms with Gasteiger partial charge in [-0.1, -0.05) is 23.7 Å². The van der Waals surface area contributed by atoms with Gasteiger partial charge in [0.05, 0.1) is 22.9 Å². The number of rotatable bonds is 4. The van der Waals surface area contributed by atoms with E-state index in [1.807, 2.05) is 18.2 Å². The largest absolute Gasteiger partial charge is 0.345 e. The van der Waals surface area contributed by atoms with Gasteiger partial charge in [0, 0.05) is 12.4 Å². The second-order valence-electron chi connectivity index (χ2n) is 4.36. The lowest BCUT2D eigenvalue weighted by atomic mass is 10.3. The first kappa shape index (κ1) is 13.4. The third-order valence-electron chi connectivity index (χ3n) is 2.92. The van der Waals surface area contributed by atoms with Gasteiger partial charge in [-0.2, -0.15) is 10.2 Å². The maximum Gasteiger partial charge on any atom is 0.272 e. The number of hydrogen-bond acceptors (Lipinski definition) is 3. The molecule has 2 aromatic heterocycles. The smallest absolute Gasteiger partial charge is 0.272 e. The number of carbonyl (C=O) groups is 1. The molecule has 0 fully saturated rings. The second-order valence-corrected chi connectivity index (χ2v) is 4.77. The van der Waals surface area contributed by atoms with Gasteiger partial charge in [0.15, 0.2) is 5.69 Å². The number of aromatic amines is 1. The summed E-state index contributed by atoms with van der Waals surface area (Å²) in [5, 5.41) is 14.2. The minimum Gasteiger partial charge on any atom is -0.345 e. The fourth-order valence-corrected chi connectivity index (χ4v) is 2.09. The number of para-hydroxylation sites is 1. The highest BCUT2D eigenvalue weighted by molar-refractivity contribution is 6.32. The van der Waals surface area contributed by atoms with Gasteiger partial charge in [-0.3, -0.25) is 9.89 Å². The fourth-order valence-electron chi connectivity index (χ4n) is 1.87. The highest BCUT2D eigenvalue weighted by Gasteiger charge is 2.11. The van der Waals surface area contributed by atoms with Crippen molar-refractivity contribution in [2.75, 3.05) is 0 Å². The van der Waals surface area contributed by atoms with Gasteiger partial charge >= 0.3 is 0 Å². The Morgan fingerprint density at radius 2 is 2.14 bits per heavy atom. The first-order valence-electron chi connectivity index (χ1n) is 6.31. The van der Waals surface area contributed by atoms with E-state index in [1.54, 1.807) is 35.3 Å². The van der Waals surface area contributed by atoms with Crippen molar-refractivity contribution in [3.63, 3.8) is 0 Å². The first-order valence-corrected chi connectivity index (χ1v) is 6.69. The Morgan fingerprint density at radius 1 is 1.29 bits per heavy atom. The van der Waals surface area contributed by atoms with Crippen LogP contribution in [0.5, 0.6) is 0 Å². The van der Waals surface area contributed by atoms with Crippen LogP contribution in [0.4, 0.5) is 0 Å². The van der Waals surface area contributed by atoms with Gasteiger partial charge in [-0.05, 0) is 24.3 Å². The molecule has 7 heteroatoms. The lowest BCUT2D eigenvalue weighted by molar-refractivity contribution is 0.0945. The summed E-state index contributed by atoms with van der Waals surface area (Å²) >= 11 is 6.10. The molecule has 2 heterocycles. The molecule has 6 nitrogen and oxygen atoms in total. The molecule has 3 aromatic rings. The molecule has 3 rings (SSSR count). The van der Waals surface area contributed by atoms with Crippen LogP contribution in [0, 0.1) is 0 Å². The summed E-state index contributed by atoms with van der Waals surface area (Å²) in [5.41, 5.74) is 1.88. The highest BCUT2D eigenvalue weighted by Crippen LogP contribution is 2.18. The van der Waals surface area contributed by atoms with Crippen molar-refractivity contribution in [2.24, 2.45) is 0 Å². The lowest BCUT2D eigenvalue weighted by Gasteiger charge is -2.03. The third kappa shape index (κ3) is 2.95. The number of halogens is 1. The Bertz CT molecular complexity index is 750. The fraction of sp³-hybridized carbons (Fsp3) is 0.0714. The molecule has 0 atom stereocenters. The number of nitrogens with one attached hydrogen (secondary N) is 2. The van der Waals surface area contributed by atoms with E-state index in [0.29, 0.717) is 17.3 Å². The average molecular weight is 302 g/mol. The molecular weight excluding hydrogens is 290 g/mol. The van der Waals surface area contributed by atoms with Crippen molar-refractivity contribution < 1.29 is 4.79 Å². The molecule has 106 valence electrons. The summed E-state index contributed by atoms with van der Waals surface area (Å²) in [6, 6.07) is 10.8. The van der Waals surface area contributed by atoms with Gasteiger partial charge in [0.25, 0.3) is 5.91 Å². The number of aromatic nitrogens is 4. The van der Waals surface area contributed by atoms with Crippen molar-refractivity contribution in [1.82, 2.24) is 25.3 Å². The molecule has 1 aromatic carbocycles. The lowest BCUT2D eigenvalue weighted by Crippen LogP contribution is -2.23. The van der Waals surface area contributed by atoms with Crippen LogP contribution in [-0.4, -0.2) is 25.9 Å². The van der Waals surface area contributed by atoms with Crippen LogP contribution in [0.3, 0.4) is 0 Å². The molecule has 0 aliphatic rings. The molecule has 0 spiro atoms. The van der Waals surface area contributed by atoms with Crippen LogP contribution < -0.4 is 5.32 Å². The van der Waals surface area contributed by atoms with Crippen molar-refractivity contribution in [1.29, 1.82) is 0 Å². The van der Waals surface area contributed by atoms with Crippen LogP contribution in [0.25, 0.3) is 5.69 Å². The van der Waals surface area contributed by atoms with E-state index in [-0.39, 0.29) is 5.91 Å². The van der Waals surface area contributed by atoms with Crippen molar-refractivity contribution in [2.45, 2.75) is 6.54 Å². The average Bonchev–Trinajstić information content (AvgIpc) is 3.17. The number of carbonyl (C=O) groups excluding carboxylic acids is 1. The summed E-state index contributed by atoms with van der Waals surface area (Å²) in [7, 11) is 0. The van der Waals surface area contributed by atoms with Gasteiger partial charge < -0.3 is 5.32 Å². The molecule has 0 unspecified atom stereocenters. The van der Waals surface area contributed by atoms with Gasteiger partial charge in [0.1, 0.15) is 0 Å². The molecular formula is C14H12ClN5O. The molecule has 21 heavy (non-hydrogen) atoms. The number of benzene rings is 1. The Balaban J connectivity index is 1.73. The van der Waals surface area contributed by atoms with Crippen LogP contribution in [0.1, 0.15) is 16.2 Å². The quantitative estimate of drug-likeness (QED) is 0.775. The third-order valence-corrected chi connectivity index (χ3v) is 3.24. The normalized spacial score (nSPS) is 10.5. The van der Waals surface area contributed by atoms with Crippen LogP contribution in [0.2, 0.25) is 5.02 Å². The predicted molar refractivity (Wildman–Crippen MR) is 78.3 cm³/mol. The van der Waals surface area contributed by atoms with E-state index in [2.05, 4.69) is 20.6 Å². The molecule has 2 N–H and O–H groups in total. The zero-order valence-corrected chi connectivity index (χ0v) is 11.7. The van der Waals surface area contributed by atoms with Gasteiger partial charge in [-0.15, -0.1) is 0 Å². The zero-order valence-electron chi connectivity index (χ0n) is 11.0. The summed E-state index contributed by atoms with van der Waals surface area (Å²) in [6.07, 6.45) is 3.33. The Kier molecular flexibility index (Phi) is 3.70. The summed E-state index contributed by atoms with van der Waals surface area (Å²) in [6.45, 7) is 0.373. The summed E-state index contributed by atoms with van der Waals surface area (Å²) in [5.74, 6) is -0.254. The number of hydrogen-bond donors (Lipinski definition) is 2. The van der Waals surface area contributed by atoms with E-state index in [1.165, 1.54) is 0 Å². The Morgan fingerprint density at radius 3 is 2.90 bits per heavy atom. The number of nitrogens with zero attached hydrogens (tertiary/aromatic N) is 3. The number of H-pyrrole nitrogens is 1. The molecule has 0 bridgehead atoms. The van der Waals surface area contributed by atoms with E-state index in [9.17, 15) is 4.79 Å². The molecule has 0 aliphatic carbocycles. The maximum absolute atomic E-state index is 12.0. The minimum atomic E-state index is -0.254. The zero-order chi connectivity index (χ0) is 14.7. The van der Waals surface area contributed by atoms with E-state index in [0.717, 1.165) is 11.4 Å². The molecule has 0 saturated carbocycles. The highest BCUT2D eigenvalue weighted by atomic mass is 35.5. The standard InChI is InChI=1S/C14H12ClN5O/c15-11-3-1-2-4-13(11)20-8-6-12(19-20)14(21)16-9-10-5-7-17-18-10/h1-8H,9H2,(H,16,21)(H,17,18). The van der Waals surface area contributed by atoms with Crippen molar-refractivity contribution in [3.8, 4) is 5.69 Å². The monoisotopic (exact) mass is 301 g/mol. The summed E-state index contributed by atoms with van der Waals surface area (Å²) in [4.78, 5) is 12.0. The summed E-state index contributed by atoms with van der Waals surface area (Å²) < 4.78 is 1.58. The maximum atomic E-state index is 12.0. The van der Waals surface area contributed by atoms with Crippen molar-refractivity contribution in [3.05, 3.63) is 65.2 Å². The van der Waals surface area contributed by atoms with E-state index < -0.39 is 0 Å². The van der Waals surface area contributed by atoms with Gasteiger partial charge in [-0.25, -0.2) is 4.68 Å². The van der Waals surface area contributed by atoms with Crippen molar-refractivity contribution >= 4 is 17.5 Å². The Labute approximate surface area is 125 Å². The SMILES string of the molecule is O=C(NCc1ccn[nH]1)c1ccn(-c2ccccc2Cl)n1. The number of amides is 1. The van der Waals surface area contributed by atoms with Gasteiger partial charge in [0.2, 0.25) is 0 Å². The topological polar surface area (TPSA) is 75.6 Å². The minimum absolute atomic E-state index is 0.254. The molecule has 0 radical (unpaired) electrons. The molecule has 1 amide bonds. The van der Waals surface area contributed by atoms with E-state index in [4.69, 9.17) is 11.6 Å². The first-order chi connectivity index (χ1) is 10.2.